The van der Waals surface area contributed by atoms with Crippen LogP contribution in [0.2, 0.25) is 0 Å². The summed E-state index contributed by atoms with van der Waals surface area (Å²) in [5.74, 6) is 0. The Kier molecular flexibility index (Phi) is 9.22. The maximum Gasteiger partial charge on any atom is 0.178 e. The zero-order chi connectivity index (χ0) is 12.6. The molecule has 8 heteroatoms. The molecule has 0 aromatic carbocycles. The van der Waals surface area contributed by atoms with E-state index < -0.39 is 10.2 Å². The van der Waals surface area contributed by atoms with Crippen molar-refractivity contribution in [1.82, 2.24) is 4.90 Å². The van der Waals surface area contributed by atoms with Crippen molar-refractivity contribution in [2.45, 2.75) is 0 Å². The summed E-state index contributed by atoms with van der Waals surface area (Å²) in [5.41, 5.74) is 0. The number of hydrogen-bond donors (Lipinski definition) is 0. The number of allylic oxidation sites excluding steroid dienone is 1. The molecule has 0 fully saturated rings. The molecule has 0 saturated carbocycles. The molecular weight excluding hydrogens is 291 g/mol. The topological polar surface area (TPSA) is 98.5 Å². The lowest BCUT2D eigenvalue weighted by molar-refractivity contribution is -2.00. The minimum atomic E-state index is -4.94. The fourth-order valence-corrected chi connectivity index (χ4v) is 1.35. The Balaban J connectivity index is 0. The number of hydrogen-bond acceptors (Lipinski definition) is 5. The van der Waals surface area contributed by atoms with E-state index in [-0.39, 0.29) is 0 Å². The zero-order valence-electron chi connectivity index (χ0n) is 8.94. The summed E-state index contributed by atoms with van der Waals surface area (Å²) in [4.78, 5) is 1.99. The Morgan fingerprint density at radius 2 is 1.53 bits per heavy atom. The van der Waals surface area contributed by atoms with E-state index in [2.05, 4.69) is 15.9 Å². The van der Waals surface area contributed by atoms with Crippen molar-refractivity contribution in [2.75, 3.05) is 28.2 Å². The Labute approximate surface area is 99.6 Å². The molecule has 0 N–H and O–H groups in total. The SMILES string of the molecule is CN(C)/C=C(\Br)C=[N+](C)C.[O-][Cl+3]([O-])([O-])[O-]. The minimum Gasteiger partial charge on any atom is -0.382 e. The van der Waals surface area contributed by atoms with Crippen LogP contribution in [0.1, 0.15) is 0 Å². The van der Waals surface area contributed by atoms with Gasteiger partial charge in [-0.05, 0) is 15.9 Å². The first-order chi connectivity index (χ1) is 6.52. The molecule has 0 bridgehead atoms. The molecule has 0 heterocycles. The third kappa shape index (κ3) is 31.6. The highest BCUT2D eigenvalue weighted by atomic mass is 79.9. The van der Waals surface area contributed by atoms with Crippen LogP contribution >= 0.6 is 15.9 Å². The van der Waals surface area contributed by atoms with Gasteiger partial charge in [0.15, 0.2) is 6.21 Å². The van der Waals surface area contributed by atoms with E-state index in [9.17, 15) is 0 Å². The zero-order valence-corrected chi connectivity index (χ0v) is 11.3. The van der Waals surface area contributed by atoms with Crippen LogP contribution in [0.25, 0.3) is 0 Å². The van der Waals surface area contributed by atoms with Crippen molar-refractivity contribution in [1.29, 1.82) is 0 Å². The third-order valence-electron chi connectivity index (χ3n) is 0.763. The fourth-order valence-electron chi connectivity index (χ4n) is 0.527. The highest BCUT2D eigenvalue weighted by molar-refractivity contribution is 9.12. The lowest BCUT2D eigenvalue weighted by atomic mass is 10.6. The number of nitrogens with zero attached hydrogens (tertiary/aromatic N) is 2. The smallest absolute Gasteiger partial charge is 0.178 e. The van der Waals surface area contributed by atoms with Crippen LogP contribution < -0.4 is 18.6 Å². The molecule has 0 saturated heterocycles. The average molecular weight is 306 g/mol. The molecule has 0 aromatic rings. The van der Waals surface area contributed by atoms with E-state index >= 15 is 0 Å². The molecule has 0 atom stereocenters. The lowest BCUT2D eigenvalue weighted by Gasteiger charge is -2.17. The van der Waals surface area contributed by atoms with Crippen molar-refractivity contribution in [3.63, 3.8) is 0 Å². The van der Waals surface area contributed by atoms with Crippen LogP contribution in [0, 0.1) is 10.2 Å². The van der Waals surface area contributed by atoms with Crippen LogP contribution in [-0.4, -0.2) is 43.9 Å². The average Bonchev–Trinajstić information content (AvgIpc) is 1.76. The summed E-state index contributed by atoms with van der Waals surface area (Å²) in [6.45, 7) is 0. The van der Waals surface area contributed by atoms with Crippen LogP contribution in [0.3, 0.4) is 0 Å². The van der Waals surface area contributed by atoms with Crippen LogP contribution in [0.15, 0.2) is 10.7 Å². The van der Waals surface area contributed by atoms with Crippen molar-refractivity contribution in [3.8, 4) is 0 Å². The largest absolute Gasteiger partial charge is 0.382 e. The molecule has 0 spiro atoms. The predicted octanol–water partition coefficient (Wildman–Crippen LogP) is -3.63. The predicted molar refractivity (Wildman–Crippen MR) is 48.9 cm³/mol. The van der Waals surface area contributed by atoms with Crippen LogP contribution in [0.5, 0.6) is 0 Å². The Morgan fingerprint density at radius 1 is 1.20 bits per heavy atom. The summed E-state index contributed by atoms with van der Waals surface area (Å²) < 4.78 is 37.0. The van der Waals surface area contributed by atoms with Crippen molar-refractivity contribution >= 4 is 22.1 Å². The maximum absolute atomic E-state index is 8.49. The summed E-state index contributed by atoms with van der Waals surface area (Å²) in [7, 11) is 3.02. The number of halogens is 2. The van der Waals surface area contributed by atoms with E-state index in [4.69, 9.17) is 18.6 Å². The van der Waals surface area contributed by atoms with Gasteiger partial charge in [0, 0.05) is 20.3 Å². The summed E-state index contributed by atoms with van der Waals surface area (Å²) >= 11 is 3.40. The third-order valence-corrected chi connectivity index (χ3v) is 1.17. The molecular formula is C7H14BrClN2O4. The van der Waals surface area contributed by atoms with Gasteiger partial charge in [-0.15, -0.1) is 10.2 Å². The molecule has 0 aliphatic rings. The Morgan fingerprint density at radius 3 is 1.73 bits per heavy atom. The molecule has 6 nitrogen and oxygen atoms in total. The van der Waals surface area contributed by atoms with E-state index in [1.165, 1.54) is 0 Å². The highest BCUT2D eigenvalue weighted by Crippen LogP contribution is 2.00. The quantitative estimate of drug-likeness (QED) is 0.387. The standard InChI is InChI=1S/C7H14BrN2.ClHO4/c1-9(2)5-7(8)6-10(3)4;2-1(3,4)5/h5-6H,1-4H3;(H,2,3,4,5)/q+1;/p-1. The maximum atomic E-state index is 8.49. The first-order valence-corrected chi connectivity index (χ1v) is 5.72. The Bertz CT molecular complexity index is 228. The molecule has 0 radical (unpaired) electrons. The second kappa shape index (κ2) is 8.03. The summed E-state index contributed by atoms with van der Waals surface area (Å²) in [5, 5.41) is 0. The molecule has 15 heavy (non-hydrogen) atoms. The molecule has 0 unspecified atom stereocenters. The van der Waals surface area contributed by atoms with Gasteiger partial charge in [0.05, 0.1) is 4.48 Å². The fraction of sp³-hybridized carbons (Fsp3) is 0.571. The van der Waals surface area contributed by atoms with Gasteiger partial charge in [0.2, 0.25) is 0 Å². The molecule has 0 aromatic heterocycles. The molecule has 0 rings (SSSR count). The van der Waals surface area contributed by atoms with Crippen molar-refractivity contribution < 1.29 is 33.5 Å². The molecule has 0 aliphatic carbocycles. The molecule has 0 amide bonds. The van der Waals surface area contributed by atoms with Crippen LogP contribution in [-0.2, 0) is 0 Å². The van der Waals surface area contributed by atoms with Crippen molar-refractivity contribution in [3.05, 3.63) is 10.7 Å². The summed E-state index contributed by atoms with van der Waals surface area (Å²) in [6, 6.07) is 0. The normalized spacial score (nSPS) is 11.4. The van der Waals surface area contributed by atoms with Gasteiger partial charge in [-0.3, -0.25) is 0 Å². The van der Waals surface area contributed by atoms with E-state index in [0.717, 1.165) is 4.48 Å². The summed E-state index contributed by atoms with van der Waals surface area (Å²) in [6.07, 6.45) is 4.00. The molecule has 90 valence electrons. The first kappa shape index (κ1) is 17.2. The second-order valence-electron chi connectivity index (χ2n) is 2.95. The van der Waals surface area contributed by atoms with Gasteiger partial charge in [0.25, 0.3) is 0 Å². The van der Waals surface area contributed by atoms with E-state index in [0.29, 0.717) is 0 Å². The minimum absolute atomic E-state index is 1.07. The first-order valence-electron chi connectivity index (χ1n) is 3.69. The van der Waals surface area contributed by atoms with Crippen molar-refractivity contribution in [2.24, 2.45) is 0 Å². The monoisotopic (exact) mass is 304 g/mol. The van der Waals surface area contributed by atoms with Gasteiger partial charge in [-0.2, -0.15) is 0 Å². The second-order valence-corrected chi connectivity index (χ2v) is 4.62. The van der Waals surface area contributed by atoms with E-state index in [1.54, 1.807) is 0 Å². The van der Waals surface area contributed by atoms with Crippen LogP contribution in [0.4, 0.5) is 0 Å². The van der Waals surface area contributed by atoms with Gasteiger partial charge in [-0.25, -0.2) is 23.2 Å². The number of rotatable bonds is 2. The van der Waals surface area contributed by atoms with Gasteiger partial charge < -0.3 is 4.90 Å². The van der Waals surface area contributed by atoms with Gasteiger partial charge >= 0.3 is 0 Å². The highest BCUT2D eigenvalue weighted by Gasteiger charge is 1.90. The molecule has 0 aliphatic heterocycles. The van der Waals surface area contributed by atoms with Gasteiger partial charge in [0.1, 0.15) is 14.1 Å². The Hall–Kier alpha value is -0.180. The van der Waals surface area contributed by atoms with Gasteiger partial charge in [-0.1, -0.05) is 0 Å². The van der Waals surface area contributed by atoms with E-state index in [1.807, 2.05) is 50.1 Å². The lowest BCUT2D eigenvalue weighted by Crippen LogP contribution is -2.68.